The molecule has 4 heteroatoms. The van der Waals surface area contributed by atoms with Crippen LogP contribution in [0.5, 0.6) is 0 Å². The molecule has 9 heavy (non-hydrogen) atoms. The van der Waals surface area contributed by atoms with Gasteiger partial charge >= 0.3 is 0 Å². The normalized spacial score (nSPS) is 9.89. The zero-order valence-corrected chi connectivity index (χ0v) is 7.27. The SMILES string of the molecule is CC#CCN=C(I)NN. The number of nitrogens with one attached hydrogen (secondary N) is 1. The summed E-state index contributed by atoms with van der Waals surface area (Å²) < 4.78 is 0.676. The summed E-state index contributed by atoms with van der Waals surface area (Å²) in [6.07, 6.45) is 0. The predicted molar refractivity (Wildman–Crippen MR) is 47.1 cm³/mol. The molecule has 0 aromatic rings. The van der Waals surface area contributed by atoms with E-state index in [0.29, 0.717) is 10.4 Å². The minimum atomic E-state index is 0.513. The smallest absolute Gasteiger partial charge is 0.175 e. The zero-order chi connectivity index (χ0) is 7.11. The minimum absolute atomic E-state index is 0.513. The number of rotatable bonds is 1. The monoisotopic (exact) mass is 237 g/mol. The van der Waals surface area contributed by atoms with E-state index in [1.165, 1.54) is 0 Å². The van der Waals surface area contributed by atoms with Crippen LogP contribution in [-0.4, -0.2) is 10.4 Å². The number of nitrogens with two attached hydrogens (primary N) is 1. The van der Waals surface area contributed by atoms with E-state index in [2.05, 4.69) is 22.3 Å². The molecule has 0 aliphatic heterocycles. The summed E-state index contributed by atoms with van der Waals surface area (Å²) in [6.45, 7) is 2.29. The van der Waals surface area contributed by atoms with Crippen LogP contribution in [0.4, 0.5) is 0 Å². The largest absolute Gasteiger partial charge is 0.304 e. The molecule has 0 radical (unpaired) electrons. The fourth-order valence-electron chi connectivity index (χ4n) is 0.234. The Bertz CT molecular complexity index is 153. The van der Waals surface area contributed by atoms with Gasteiger partial charge in [-0.1, -0.05) is 5.92 Å². The van der Waals surface area contributed by atoms with Crippen LogP contribution in [0.1, 0.15) is 6.92 Å². The summed E-state index contributed by atoms with van der Waals surface area (Å²) in [5.74, 6) is 10.5. The van der Waals surface area contributed by atoms with Crippen molar-refractivity contribution in [1.82, 2.24) is 5.43 Å². The Morgan fingerprint density at radius 1 is 1.89 bits per heavy atom. The Kier molecular flexibility index (Phi) is 5.67. The number of hydrazine groups is 1. The van der Waals surface area contributed by atoms with Crippen molar-refractivity contribution in [3.63, 3.8) is 0 Å². The van der Waals surface area contributed by atoms with Crippen molar-refractivity contribution < 1.29 is 0 Å². The lowest BCUT2D eigenvalue weighted by Crippen LogP contribution is -2.25. The molecule has 0 rings (SSSR count). The van der Waals surface area contributed by atoms with E-state index < -0.39 is 0 Å². The second-order valence-corrected chi connectivity index (χ2v) is 2.20. The Morgan fingerprint density at radius 3 is 3.00 bits per heavy atom. The van der Waals surface area contributed by atoms with Crippen LogP contribution >= 0.6 is 22.6 Å². The molecular weight excluding hydrogens is 229 g/mol. The molecule has 50 valence electrons. The van der Waals surface area contributed by atoms with Gasteiger partial charge in [-0.3, -0.25) is 0 Å². The molecule has 3 N–H and O–H groups in total. The molecule has 0 atom stereocenters. The quantitative estimate of drug-likeness (QED) is 0.131. The molecule has 0 aromatic heterocycles. The third-order valence-electron chi connectivity index (χ3n) is 0.593. The highest BCUT2D eigenvalue weighted by Crippen LogP contribution is 1.82. The van der Waals surface area contributed by atoms with Gasteiger partial charge < -0.3 is 5.43 Å². The van der Waals surface area contributed by atoms with Crippen LogP contribution in [0, 0.1) is 11.8 Å². The Morgan fingerprint density at radius 2 is 2.56 bits per heavy atom. The van der Waals surface area contributed by atoms with Crippen LogP contribution < -0.4 is 11.3 Å². The van der Waals surface area contributed by atoms with Crippen molar-refractivity contribution >= 4 is 26.4 Å². The van der Waals surface area contributed by atoms with Crippen LogP contribution in [-0.2, 0) is 0 Å². The molecule has 3 nitrogen and oxygen atoms in total. The third-order valence-corrected chi connectivity index (χ3v) is 1.25. The molecule has 0 heterocycles. The number of aliphatic imine (C=N–C) groups is 1. The number of hydrogen-bond acceptors (Lipinski definition) is 2. The first-order valence-electron chi connectivity index (χ1n) is 2.37. The van der Waals surface area contributed by atoms with Gasteiger partial charge in [-0.05, 0) is 6.92 Å². The second-order valence-electron chi connectivity index (χ2n) is 1.18. The van der Waals surface area contributed by atoms with Gasteiger partial charge in [0, 0.05) is 22.6 Å². The molecular formula is C5H8IN3. The third kappa shape index (κ3) is 5.59. The molecule has 0 fully saturated rings. The fourth-order valence-corrected chi connectivity index (χ4v) is 0.404. The van der Waals surface area contributed by atoms with E-state index in [9.17, 15) is 0 Å². The first-order chi connectivity index (χ1) is 4.31. The van der Waals surface area contributed by atoms with E-state index in [4.69, 9.17) is 5.84 Å². The van der Waals surface area contributed by atoms with Crippen LogP contribution in [0.25, 0.3) is 0 Å². The van der Waals surface area contributed by atoms with Crippen LogP contribution in [0.15, 0.2) is 4.99 Å². The highest BCUT2D eigenvalue weighted by Gasteiger charge is 1.80. The first-order valence-corrected chi connectivity index (χ1v) is 3.45. The Hall–Kier alpha value is -0.280. The van der Waals surface area contributed by atoms with E-state index in [1.807, 2.05) is 22.6 Å². The van der Waals surface area contributed by atoms with E-state index >= 15 is 0 Å². The van der Waals surface area contributed by atoms with E-state index in [-0.39, 0.29) is 0 Å². The van der Waals surface area contributed by atoms with Crippen molar-refractivity contribution in [1.29, 1.82) is 0 Å². The second kappa shape index (κ2) is 5.85. The predicted octanol–water partition coefficient (Wildman–Crippen LogP) is 0.264. The summed E-state index contributed by atoms with van der Waals surface area (Å²) in [5.41, 5.74) is 2.39. The Balaban J connectivity index is 3.52. The summed E-state index contributed by atoms with van der Waals surface area (Å²) in [6, 6.07) is 0. The molecule has 0 aromatic carbocycles. The van der Waals surface area contributed by atoms with Crippen molar-refractivity contribution in [2.45, 2.75) is 6.92 Å². The lowest BCUT2D eigenvalue weighted by atomic mass is 10.6. The number of nitrogens with zero attached hydrogens (tertiary/aromatic N) is 1. The number of hydrogen-bond donors (Lipinski definition) is 2. The molecule has 0 saturated heterocycles. The summed E-state index contributed by atoms with van der Waals surface area (Å²) in [4.78, 5) is 3.93. The zero-order valence-electron chi connectivity index (χ0n) is 5.11. The molecule has 0 unspecified atom stereocenters. The average molecular weight is 237 g/mol. The molecule has 0 aliphatic rings. The van der Waals surface area contributed by atoms with Crippen molar-refractivity contribution in [3.8, 4) is 11.8 Å². The molecule has 0 bridgehead atoms. The van der Waals surface area contributed by atoms with Gasteiger partial charge in [-0.15, -0.1) is 5.92 Å². The maximum absolute atomic E-state index is 5.02. The summed E-state index contributed by atoms with van der Waals surface area (Å²) in [7, 11) is 0. The molecule has 0 saturated carbocycles. The fraction of sp³-hybridized carbons (Fsp3) is 0.400. The van der Waals surface area contributed by atoms with Crippen molar-refractivity contribution in [2.24, 2.45) is 10.8 Å². The van der Waals surface area contributed by atoms with Gasteiger partial charge in [-0.2, -0.15) is 0 Å². The lowest BCUT2D eigenvalue weighted by Gasteiger charge is -1.90. The maximum Gasteiger partial charge on any atom is 0.175 e. The van der Waals surface area contributed by atoms with Crippen LogP contribution in [0.2, 0.25) is 0 Å². The van der Waals surface area contributed by atoms with Gasteiger partial charge in [-0.25, -0.2) is 10.8 Å². The van der Waals surface area contributed by atoms with Gasteiger partial charge in [0.2, 0.25) is 0 Å². The molecule has 0 amide bonds. The topological polar surface area (TPSA) is 50.4 Å². The molecule has 0 aliphatic carbocycles. The lowest BCUT2D eigenvalue weighted by molar-refractivity contribution is 1.04. The van der Waals surface area contributed by atoms with E-state index in [1.54, 1.807) is 6.92 Å². The van der Waals surface area contributed by atoms with E-state index in [0.717, 1.165) is 0 Å². The average Bonchev–Trinajstić information content (AvgIpc) is 1.89. The highest BCUT2D eigenvalue weighted by atomic mass is 127. The number of halogens is 1. The van der Waals surface area contributed by atoms with Gasteiger partial charge in [0.1, 0.15) is 6.54 Å². The maximum atomic E-state index is 5.02. The molecule has 0 spiro atoms. The van der Waals surface area contributed by atoms with Crippen LogP contribution in [0.3, 0.4) is 0 Å². The Labute approximate surface area is 68.2 Å². The van der Waals surface area contributed by atoms with Gasteiger partial charge in [0.15, 0.2) is 3.84 Å². The minimum Gasteiger partial charge on any atom is -0.304 e. The highest BCUT2D eigenvalue weighted by molar-refractivity contribution is 14.1. The van der Waals surface area contributed by atoms with Gasteiger partial charge in [0.25, 0.3) is 0 Å². The number of amidine groups is 1. The van der Waals surface area contributed by atoms with Crippen molar-refractivity contribution in [3.05, 3.63) is 0 Å². The standard InChI is InChI=1S/C5H8IN3/c1-2-3-4-8-5(6)9-7/h4,7H2,1H3,(H,8,9). The summed E-state index contributed by atoms with van der Waals surface area (Å²) in [5, 5.41) is 0. The first kappa shape index (κ1) is 8.72. The summed E-state index contributed by atoms with van der Waals surface area (Å²) >= 11 is 1.99. The van der Waals surface area contributed by atoms with Crippen molar-refractivity contribution in [2.75, 3.05) is 6.54 Å². The van der Waals surface area contributed by atoms with Gasteiger partial charge in [0.05, 0.1) is 0 Å².